The molecule has 1 spiro atoms. The second-order valence-electron chi connectivity index (χ2n) is 7.72. The van der Waals surface area contributed by atoms with Crippen LogP contribution in [-0.2, 0) is 10.3 Å². The van der Waals surface area contributed by atoms with Crippen LogP contribution >= 0.6 is 0 Å². The average molecular weight is 377 g/mol. The fraction of sp³-hybridized carbons (Fsp3) is 0.364. The molecule has 2 aromatic carbocycles. The number of hydrogen-bond donors (Lipinski definition) is 2. The topological polar surface area (TPSA) is 85.9 Å². The summed E-state index contributed by atoms with van der Waals surface area (Å²) in [5, 5.41) is 3.18. The number of para-hydroxylation sites is 1. The molecule has 5 rings (SSSR count). The number of fused-ring (bicyclic) bond motifs is 4. The fourth-order valence-corrected chi connectivity index (χ4v) is 4.47. The van der Waals surface area contributed by atoms with E-state index in [1.807, 2.05) is 42.5 Å². The molecule has 6 heteroatoms. The van der Waals surface area contributed by atoms with E-state index in [0.29, 0.717) is 17.9 Å². The van der Waals surface area contributed by atoms with Gasteiger partial charge in [-0.15, -0.1) is 0 Å². The van der Waals surface area contributed by atoms with E-state index in [2.05, 4.69) is 10.3 Å². The molecule has 2 aliphatic heterocycles. The van der Waals surface area contributed by atoms with Crippen LogP contribution in [0.2, 0.25) is 0 Å². The van der Waals surface area contributed by atoms with Crippen molar-refractivity contribution in [3.05, 3.63) is 59.2 Å². The van der Waals surface area contributed by atoms with Crippen LogP contribution in [-0.4, -0.2) is 24.6 Å². The van der Waals surface area contributed by atoms with Crippen LogP contribution in [0.15, 0.2) is 47.5 Å². The molecule has 0 aromatic heterocycles. The minimum atomic E-state index is -0.782. The number of hydrogen-bond acceptors (Lipinski definition) is 5. The summed E-state index contributed by atoms with van der Waals surface area (Å²) in [6.07, 6.45) is 5.70. The maximum atomic E-state index is 12.9. The third kappa shape index (κ3) is 2.71. The van der Waals surface area contributed by atoms with E-state index < -0.39 is 5.54 Å². The number of nitrogens with zero attached hydrogens (tertiary/aromatic N) is 1. The van der Waals surface area contributed by atoms with Gasteiger partial charge in [0.05, 0.1) is 0 Å². The van der Waals surface area contributed by atoms with Gasteiger partial charge in [-0.25, -0.2) is 4.99 Å². The normalized spacial score (nSPS) is 23.2. The Labute approximate surface area is 163 Å². The van der Waals surface area contributed by atoms with Gasteiger partial charge in [0.2, 0.25) is 0 Å². The Balaban J connectivity index is 1.53. The fourth-order valence-electron chi connectivity index (χ4n) is 4.47. The van der Waals surface area contributed by atoms with Crippen molar-refractivity contribution in [2.45, 2.75) is 43.7 Å². The highest BCUT2D eigenvalue weighted by molar-refractivity contribution is 5.95. The molecule has 0 saturated heterocycles. The number of nitrogens with two attached hydrogens (primary N) is 1. The highest BCUT2D eigenvalue weighted by Crippen LogP contribution is 2.50. The van der Waals surface area contributed by atoms with Gasteiger partial charge in [0.25, 0.3) is 11.9 Å². The van der Waals surface area contributed by atoms with Gasteiger partial charge in [-0.05, 0) is 37.1 Å². The summed E-state index contributed by atoms with van der Waals surface area (Å²) in [6.45, 7) is 0.292. The molecule has 1 saturated carbocycles. The van der Waals surface area contributed by atoms with Crippen molar-refractivity contribution >= 4 is 11.9 Å². The van der Waals surface area contributed by atoms with Crippen LogP contribution in [0.4, 0.5) is 0 Å². The summed E-state index contributed by atoms with van der Waals surface area (Å²) < 4.78 is 11.6. The number of amides is 1. The van der Waals surface area contributed by atoms with E-state index >= 15 is 0 Å². The average Bonchev–Trinajstić information content (AvgIpc) is 3.11. The number of aliphatic imine (C=N–C) groups is 1. The Hall–Kier alpha value is -3.02. The lowest BCUT2D eigenvalue weighted by Gasteiger charge is -2.33. The Bertz CT molecular complexity index is 965. The van der Waals surface area contributed by atoms with Gasteiger partial charge < -0.3 is 20.5 Å². The van der Waals surface area contributed by atoms with Gasteiger partial charge in [-0.1, -0.05) is 37.5 Å². The summed E-state index contributed by atoms with van der Waals surface area (Å²) in [6, 6.07) is 13.7. The van der Waals surface area contributed by atoms with Crippen molar-refractivity contribution in [3.8, 4) is 11.5 Å². The molecule has 1 aliphatic carbocycles. The summed E-state index contributed by atoms with van der Waals surface area (Å²) in [4.78, 5) is 17.5. The molecule has 144 valence electrons. The molecular weight excluding hydrogens is 354 g/mol. The van der Waals surface area contributed by atoms with Crippen molar-refractivity contribution in [2.24, 2.45) is 10.7 Å². The lowest BCUT2D eigenvalue weighted by Crippen LogP contribution is -2.36. The van der Waals surface area contributed by atoms with Gasteiger partial charge in [0.15, 0.2) is 5.54 Å². The van der Waals surface area contributed by atoms with E-state index in [9.17, 15) is 4.79 Å². The van der Waals surface area contributed by atoms with Crippen molar-refractivity contribution in [1.29, 1.82) is 0 Å². The lowest BCUT2D eigenvalue weighted by molar-refractivity contribution is 0.0927. The van der Waals surface area contributed by atoms with E-state index in [4.69, 9.17) is 15.2 Å². The smallest absolute Gasteiger partial charge is 0.283 e. The summed E-state index contributed by atoms with van der Waals surface area (Å²) in [7, 11) is 0. The minimum absolute atomic E-state index is 0.0559. The maximum absolute atomic E-state index is 12.9. The van der Waals surface area contributed by atoms with Gasteiger partial charge >= 0.3 is 0 Å². The first-order valence-electron chi connectivity index (χ1n) is 9.87. The SMILES string of the molecule is NC1=N[C@]2(CO1)c1ccccc1Oc1ccc(C(=O)NC3CCCCC3)cc12. The summed E-state index contributed by atoms with van der Waals surface area (Å²) in [5.74, 6) is 1.35. The molecule has 3 N–H and O–H groups in total. The molecule has 0 unspecified atom stereocenters. The molecule has 2 aromatic rings. The summed E-state index contributed by atoms with van der Waals surface area (Å²) >= 11 is 0. The molecule has 1 amide bonds. The molecule has 6 nitrogen and oxygen atoms in total. The predicted octanol–water partition coefficient (Wildman–Crippen LogP) is 3.44. The molecular formula is C22H23N3O3. The maximum Gasteiger partial charge on any atom is 0.283 e. The third-order valence-corrected chi connectivity index (χ3v) is 5.91. The van der Waals surface area contributed by atoms with E-state index in [1.165, 1.54) is 19.3 Å². The first kappa shape index (κ1) is 17.1. The number of rotatable bonds is 2. The number of benzene rings is 2. The Kier molecular flexibility index (Phi) is 4.00. The highest BCUT2D eigenvalue weighted by Gasteiger charge is 2.47. The second-order valence-corrected chi connectivity index (χ2v) is 7.72. The zero-order valence-electron chi connectivity index (χ0n) is 15.6. The van der Waals surface area contributed by atoms with Crippen LogP contribution in [0.3, 0.4) is 0 Å². The molecule has 2 heterocycles. The first-order valence-corrected chi connectivity index (χ1v) is 9.87. The van der Waals surface area contributed by atoms with Crippen molar-refractivity contribution < 1.29 is 14.3 Å². The number of ether oxygens (including phenoxy) is 2. The standard InChI is InChI=1S/C22H23N3O3/c23-21-25-22(13-27-21)16-8-4-5-9-18(16)28-19-11-10-14(12-17(19)22)20(26)24-15-6-2-1-3-7-15/h4-5,8-12,15H,1-3,6-7,13H2,(H2,23,25)(H,24,26)/t22-/m1/s1. The Morgan fingerprint density at radius 1 is 1.07 bits per heavy atom. The molecule has 0 bridgehead atoms. The third-order valence-electron chi connectivity index (χ3n) is 5.91. The van der Waals surface area contributed by atoms with Crippen molar-refractivity contribution in [2.75, 3.05) is 6.61 Å². The van der Waals surface area contributed by atoms with Gasteiger partial charge in [0.1, 0.15) is 18.1 Å². The molecule has 1 atom stereocenters. The van der Waals surface area contributed by atoms with E-state index in [1.54, 1.807) is 0 Å². The van der Waals surface area contributed by atoms with Crippen LogP contribution in [0.5, 0.6) is 11.5 Å². The van der Waals surface area contributed by atoms with Gasteiger partial charge in [-0.2, -0.15) is 0 Å². The number of nitrogens with one attached hydrogen (secondary N) is 1. The van der Waals surface area contributed by atoms with Crippen LogP contribution in [0, 0.1) is 0 Å². The lowest BCUT2D eigenvalue weighted by atomic mass is 9.81. The first-order chi connectivity index (χ1) is 13.7. The predicted molar refractivity (Wildman–Crippen MR) is 106 cm³/mol. The largest absolute Gasteiger partial charge is 0.462 e. The highest BCUT2D eigenvalue weighted by atomic mass is 16.5. The van der Waals surface area contributed by atoms with Crippen LogP contribution < -0.4 is 15.8 Å². The van der Waals surface area contributed by atoms with Crippen LogP contribution in [0.25, 0.3) is 0 Å². The molecule has 1 fully saturated rings. The van der Waals surface area contributed by atoms with Crippen molar-refractivity contribution in [3.63, 3.8) is 0 Å². The monoisotopic (exact) mass is 377 g/mol. The van der Waals surface area contributed by atoms with Crippen molar-refractivity contribution in [1.82, 2.24) is 5.32 Å². The van der Waals surface area contributed by atoms with Crippen LogP contribution in [0.1, 0.15) is 53.6 Å². The van der Waals surface area contributed by atoms with Gasteiger partial charge in [0, 0.05) is 22.7 Å². The Morgan fingerprint density at radius 3 is 2.64 bits per heavy atom. The number of carbonyl (C=O) groups is 1. The number of carbonyl (C=O) groups excluding carboxylic acids is 1. The molecule has 0 radical (unpaired) electrons. The van der Waals surface area contributed by atoms with E-state index in [-0.39, 0.29) is 18.0 Å². The molecule has 3 aliphatic rings. The zero-order valence-corrected chi connectivity index (χ0v) is 15.6. The second kappa shape index (κ2) is 6.55. The zero-order chi connectivity index (χ0) is 19.1. The quantitative estimate of drug-likeness (QED) is 0.839. The van der Waals surface area contributed by atoms with Gasteiger partial charge in [-0.3, -0.25) is 4.79 Å². The minimum Gasteiger partial charge on any atom is -0.462 e. The number of amidine groups is 1. The summed E-state index contributed by atoms with van der Waals surface area (Å²) in [5.41, 5.74) is 7.41. The van der Waals surface area contributed by atoms with E-state index in [0.717, 1.165) is 29.7 Å². The molecule has 28 heavy (non-hydrogen) atoms. The Morgan fingerprint density at radius 2 is 1.86 bits per heavy atom.